The van der Waals surface area contributed by atoms with Crippen LogP contribution in [0.3, 0.4) is 0 Å². The lowest BCUT2D eigenvalue weighted by molar-refractivity contribution is -0.144. The first-order valence-electron chi connectivity index (χ1n) is 7.02. The first kappa shape index (κ1) is 19.2. The molecule has 0 aliphatic heterocycles. The Balaban J connectivity index is 2.88. The summed E-state index contributed by atoms with van der Waals surface area (Å²) in [4.78, 5) is 35.3. The minimum atomic E-state index is -0.907. The van der Waals surface area contributed by atoms with Crippen LogP contribution in [0.4, 0.5) is 0 Å². The molecule has 1 aromatic rings. The zero-order valence-electron chi connectivity index (χ0n) is 13.6. The average molecular weight is 386 g/mol. The molecule has 1 amide bonds. The molecule has 1 aromatic carbocycles. The molecule has 0 fully saturated rings. The van der Waals surface area contributed by atoms with Crippen LogP contribution >= 0.6 is 15.9 Å². The van der Waals surface area contributed by atoms with Gasteiger partial charge in [-0.2, -0.15) is 0 Å². The van der Waals surface area contributed by atoms with Crippen molar-refractivity contribution in [2.45, 2.75) is 32.7 Å². The molecule has 0 aromatic heterocycles. The molecule has 0 saturated carbocycles. The molecule has 1 N–H and O–H groups in total. The summed E-state index contributed by atoms with van der Waals surface area (Å²) >= 11 is 3.44. The third-order valence-electron chi connectivity index (χ3n) is 3.35. The third kappa shape index (κ3) is 5.35. The molecule has 0 radical (unpaired) electrons. The van der Waals surface area contributed by atoms with E-state index in [9.17, 15) is 14.4 Å². The Hall–Kier alpha value is -1.89. The molecule has 0 aliphatic carbocycles. The lowest BCUT2D eigenvalue weighted by Crippen LogP contribution is -2.42. The second-order valence-corrected chi connectivity index (χ2v) is 5.88. The van der Waals surface area contributed by atoms with Crippen molar-refractivity contribution in [2.24, 2.45) is 0 Å². The Bertz CT molecular complexity index is 591. The van der Waals surface area contributed by atoms with Crippen LogP contribution in [0.1, 0.15) is 34.3 Å². The van der Waals surface area contributed by atoms with E-state index in [0.717, 1.165) is 15.6 Å². The molecule has 0 bridgehead atoms. The Kier molecular flexibility index (Phi) is 7.22. The van der Waals surface area contributed by atoms with Gasteiger partial charge < -0.3 is 14.8 Å². The minimum Gasteiger partial charge on any atom is -0.469 e. The van der Waals surface area contributed by atoms with Crippen LogP contribution < -0.4 is 5.32 Å². The number of ether oxygens (including phenoxy) is 2. The van der Waals surface area contributed by atoms with Crippen LogP contribution in [0.2, 0.25) is 0 Å². The second-order valence-electron chi connectivity index (χ2n) is 5.09. The van der Waals surface area contributed by atoms with Gasteiger partial charge in [0.2, 0.25) is 0 Å². The summed E-state index contributed by atoms with van der Waals surface area (Å²) in [5.41, 5.74) is 2.27. The van der Waals surface area contributed by atoms with Crippen molar-refractivity contribution in [3.05, 3.63) is 33.3 Å². The van der Waals surface area contributed by atoms with E-state index < -0.39 is 23.9 Å². The third-order valence-corrected chi connectivity index (χ3v) is 4.61. The van der Waals surface area contributed by atoms with Gasteiger partial charge in [-0.05, 0) is 43.5 Å². The number of halogens is 1. The Morgan fingerprint density at radius 3 is 2.17 bits per heavy atom. The summed E-state index contributed by atoms with van der Waals surface area (Å²) in [5.74, 6) is -1.46. The van der Waals surface area contributed by atoms with E-state index in [2.05, 4.69) is 30.7 Å². The van der Waals surface area contributed by atoms with Crippen molar-refractivity contribution in [3.63, 3.8) is 0 Å². The molecule has 6 nitrogen and oxygen atoms in total. The number of methoxy groups -OCH3 is 2. The molecule has 7 heteroatoms. The van der Waals surface area contributed by atoms with Crippen molar-refractivity contribution in [2.75, 3.05) is 14.2 Å². The van der Waals surface area contributed by atoms with Gasteiger partial charge in [0.25, 0.3) is 5.91 Å². The van der Waals surface area contributed by atoms with Gasteiger partial charge in [0.15, 0.2) is 0 Å². The van der Waals surface area contributed by atoms with Gasteiger partial charge >= 0.3 is 11.9 Å². The normalized spacial score (nSPS) is 11.5. The predicted molar refractivity (Wildman–Crippen MR) is 88.1 cm³/mol. The zero-order valence-corrected chi connectivity index (χ0v) is 15.2. The highest BCUT2D eigenvalue weighted by Gasteiger charge is 2.23. The Morgan fingerprint density at radius 1 is 1.13 bits per heavy atom. The highest BCUT2D eigenvalue weighted by Crippen LogP contribution is 2.22. The number of hydrogen-bond acceptors (Lipinski definition) is 5. The molecule has 0 aliphatic rings. The van der Waals surface area contributed by atoms with Gasteiger partial charge in [-0.25, -0.2) is 4.79 Å². The lowest BCUT2D eigenvalue weighted by Gasteiger charge is -2.16. The maximum Gasteiger partial charge on any atom is 0.328 e. The lowest BCUT2D eigenvalue weighted by atomic mass is 10.1. The van der Waals surface area contributed by atoms with Gasteiger partial charge in [-0.3, -0.25) is 9.59 Å². The number of esters is 2. The predicted octanol–water partition coefficient (Wildman–Crippen LogP) is 2.29. The number of amides is 1. The molecule has 0 heterocycles. The molecular formula is C16H20BrNO5. The summed E-state index contributed by atoms with van der Waals surface area (Å²) in [6, 6.07) is 2.54. The quantitative estimate of drug-likeness (QED) is 0.759. The Labute approximate surface area is 143 Å². The van der Waals surface area contributed by atoms with Crippen molar-refractivity contribution in [1.82, 2.24) is 5.32 Å². The molecular weight excluding hydrogens is 366 g/mol. The van der Waals surface area contributed by atoms with Crippen LogP contribution in [0.25, 0.3) is 0 Å². The van der Waals surface area contributed by atoms with Crippen molar-refractivity contribution < 1.29 is 23.9 Å². The topological polar surface area (TPSA) is 81.7 Å². The molecule has 0 unspecified atom stereocenters. The summed E-state index contributed by atoms with van der Waals surface area (Å²) in [7, 11) is 2.50. The largest absolute Gasteiger partial charge is 0.469 e. The maximum absolute atomic E-state index is 12.4. The Morgan fingerprint density at radius 2 is 1.70 bits per heavy atom. The number of nitrogens with one attached hydrogen (secondary N) is 1. The standard InChI is InChI=1S/C16H20BrNO5/c1-9-7-11(8-10(2)14(9)17)15(20)18-12(16(21)23-4)5-6-13(19)22-3/h7-8,12H,5-6H2,1-4H3,(H,18,20)/t12-/m1/s1. The second kappa shape index (κ2) is 8.67. The van der Waals surface area contributed by atoms with Crippen LogP contribution in [-0.4, -0.2) is 38.1 Å². The zero-order chi connectivity index (χ0) is 17.6. The van der Waals surface area contributed by atoms with E-state index in [1.165, 1.54) is 14.2 Å². The summed E-state index contributed by atoms with van der Waals surface area (Å²) < 4.78 is 10.1. The number of carbonyl (C=O) groups excluding carboxylic acids is 3. The first-order chi connectivity index (χ1) is 10.8. The maximum atomic E-state index is 12.4. The van der Waals surface area contributed by atoms with Crippen LogP contribution in [0.15, 0.2) is 16.6 Å². The number of carbonyl (C=O) groups is 3. The number of rotatable bonds is 6. The van der Waals surface area contributed by atoms with Crippen LogP contribution in [0, 0.1) is 13.8 Å². The average Bonchev–Trinajstić information content (AvgIpc) is 2.54. The fraction of sp³-hybridized carbons (Fsp3) is 0.438. The van der Waals surface area contributed by atoms with Gasteiger partial charge in [0.1, 0.15) is 6.04 Å². The highest BCUT2D eigenvalue weighted by atomic mass is 79.9. The number of aryl methyl sites for hydroxylation is 2. The van der Waals surface area contributed by atoms with Crippen molar-refractivity contribution in [1.29, 1.82) is 0 Å². The van der Waals surface area contributed by atoms with E-state index in [0.29, 0.717) is 5.56 Å². The molecule has 23 heavy (non-hydrogen) atoms. The molecule has 0 spiro atoms. The van der Waals surface area contributed by atoms with Crippen molar-refractivity contribution in [3.8, 4) is 0 Å². The summed E-state index contributed by atoms with van der Waals surface area (Å²) in [6.45, 7) is 3.76. The van der Waals surface area contributed by atoms with Gasteiger partial charge in [-0.15, -0.1) is 0 Å². The SMILES string of the molecule is COC(=O)CC[C@@H](NC(=O)c1cc(C)c(Br)c(C)c1)C(=O)OC. The van der Waals surface area contributed by atoms with Gasteiger partial charge in [-0.1, -0.05) is 15.9 Å². The highest BCUT2D eigenvalue weighted by molar-refractivity contribution is 9.10. The summed E-state index contributed by atoms with van der Waals surface area (Å²) in [5, 5.41) is 2.60. The number of benzene rings is 1. The fourth-order valence-electron chi connectivity index (χ4n) is 2.07. The number of hydrogen-bond donors (Lipinski definition) is 1. The van der Waals surface area contributed by atoms with E-state index >= 15 is 0 Å². The van der Waals surface area contributed by atoms with E-state index in [4.69, 9.17) is 0 Å². The smallest absolute Gasteiger partial charge is 0.328 e. The molecule has 1 atom stereocenters. The van der Waals surface area contributed by atoms with Crippen molar-refractivity contribution >= 4 is 33.8 Å². The molecule has 1 rings (SSSR count). The fourth-order valence-corrected chi connectivity index (χ4v) is 2.30. The minimum absolute atomic E-state index is 0.00887. The molecule has 126 valence electrons. The van der Waals surface area contributed by atoms with Gasteiger partial charge in [0, 0.05) is 16.5 Å². The van der Waals surface area contributed by atoms with E-state index in [-0.39, 0.29) is 12.8 Å². The van der Waals surface area contributed by atoms with E-state index in [1.54, 1.807) is 12.1 Å². The molecule has 0 saturated heterocycles. The van der Waals surface area contributed by atoms with Crippen LogP contribution in [-0.2, 0) is 19.1 Å². The van der Waals surface area contributed by atoms with Gasteiger partial charge in [0.05, 0.1) is 14.2 Å². The summed E-state index contributed by atoms with van der Waals surface area (Å²) in [6.07, 6.45) is 0.120. The monoisotopic (exact) mass is 385 g/mol. The van der Waals surface area contributed by atoms with E-state index in [1.807, 2.05) is 13.8 Å². The first-order valence-corrected chi connectivity index (χ1v) is 7.81. The van der Waals surface area contributed by atoms with Crippen LogP contribution in [0.5, 0.6) is 0 Å².